The number of rotatable bonds is 7. The lowest BCUT2D eigenvalue weighted by Gasteiger charge is -2.26. The van der Waals surface area contributed by atoms with Crippen LogP contribution in [0.5, 0.6) is 5.75 Å². The highest BCUT2D eigenvalue weighted by atomic mass is 16.5. The van der Waals surface area contributed by atoms with Gasteiger partial charge in [0.2, 0.25) is 0 Å². The van der Waals surface area contributed by atoms with Crippen LogP contribution in [0.15, 0.2) is 48.5 Å². The van der Waals surface area contributed by atoms with Crippen LogP contribution in [0.4, 0.5) is 11.4 Å². The van der Waals surface area contributed by atoms with Gasteiger partial charge in [0.15, 0.2) is 0 Å². The molecular formula is C25H30N2O4. The number of carbonyl (C=O) groups excluding carboxylic acids is 2. The summed E-state index contributed by atoms with van der Waals surface area (Å²) in [5.41, 5.74) is 14.1. The maximum absolute atomic E-state index is 12.4. The van der Waals surface area contributed by atoms with Gasteiger partial charge >= 0.3 is 11.9 Å². The zero-order valence-electron chi connectivity index (χ0n) is 17.9. The van der Waals surface area contributed by atoms with Crippen molar-refractivity contribution in [2.75, 3.05) is 11.5 Å². The third-order valence-electron chi connectivity index (χ3n) is 5.81. The molecular weight excluding hydrogens is 392 g/mol. The summed E-state index contributed by atoms with van der Waals surface area (Å²) < 4.78 is 10.7. The van der Waals surface area contributed by atoms with Crippen LogP contribution in [-0.4, -0.2) is 11.9 Å². The quantitative estimate of drug-likeness (QED) is 0.289. The van der Waals surface area contributed by atoms with Crippen molar-refractivity contribution in [1.82, 2.24) is 0 Å². The second-order valence-corrected chi connectivity index (χ2v) is 8.02. The number of benzene rings is 2. The molecule has 0 bridgehead atoms. The average Bonchev–Trinajstić information content (AvgIpc) is 2.78. The van der Waals surface area contributed by atoms with Crippen LogP contribution < -0.4 is 16.2 Å². The highest BCUT2D eigenvalue weighted by molar-refractivity contribution is 5.87. The molecule has 0 aliphatic heterocycles. The van der Waals surface area contributed by atoms with Crippen LogP contribution in [0.25, 0.3) is 6.08 Å². The fraction of sp³-hybridized carbons (Fsp3) is 0.360. The van der Waals surface area contributed by atoms with E-state index in [-0.39, 0.29) is 18.5 Å². The van der Waals surface area contributed by atoms with Crippen LogP contribution in [0, 0.1) is 11.8 Å². The van der Waals surface area contributed by atoms with E-state index in [0.717, 1.165) is 37.2 Å². The molecule has 0 amide bonds. The van der Waals surface area contributed by atoms with E-state index < -0.39 is 5.97 Å². The van der Waals surface area contributed by atoms with Gasteiger partial charge in [-0.15, -0.1) is 0 Å². The van der Waals surface area contributed by atoms with Crippen molar-refractivity contribution in [1.29, 1.82) is 0 Å². The highest BCUT2D eigenvalue weighted by Gasteiger charge is 2.26. The smallest absolute Gasteiger partial charge is 0.331 e. The summed E-state index contributed by atoms with van der Waals surface area (Å²) in [6.07, 6.45) is 8.18. The van der Waals surface area contributed by atoms with Gasteiger partial charge in [-0.25, -0.2) is 4.79 Å². The lowest BCUT2D eigenvalue weighted by Crippen LogP contribution is -2.25. The summed E-state index contributed by atoms with van der Waals surface area (Å²) in [6.45, 7) is 2.28. The lowest BCUT2D eigenvalue weighted by molar-refractivity contribution is -0.140. The van der Waals surface area contributed by atoms with Crippen molar-refractivity contribution < 1.29 is 19.1 Å². The SMILES string of the molecule is CCC1CCC(C(=O)Oc2ccc(/C=C/C(=O)OCc3ccc(N)cc3N)cc2)CC1. The van der Waals surface area contributed by atoms with Crippen molar-refractivity contribution in [3.63, 3.8) is 0 Å². The largest absolute Gasteiger partial charge is 0.458 e. The number of hydrogen-bond donors (Lipinski definition) is 2. The number of anilines is 2. The van der Waals surface area contributed by atoms with Gasteiger partial charge in [0.25, 0.3) is 0 Å². The fourth-order valence-electron chi connectivity index (χ4n) is 3.76. The molecule has 6 nitrogen and oxygen atoms in total. The molecule has 1 aliphatic carbocycles. The molecule has 0 radical (unpaired) electrons. The molecule has 1 aliphatic rings. The monoisotopic (exact) mass is 422 g/mol. The minimum Gasteiger partial charge on any atom is -0.458 e. The van der Waals surface area contributed by atoms with Gasteiger partial charge in [-0.2, -0.15) is 0 Å². The van der Waals surface area contributed by atoms with Crippen LogP contribution in [-0.2, 0) is 20.9 Å². The van der Waals surface area contributed by atoms with Gasteiger partial charge in [-0.1, -0.05) is 31.5 Å². The first-order valence-corrected chi connectivity index (χ1v) is 10.7. The van der Waals surface area contributed by atoms with E-state index in [9.17, 15) is 9.59 Å². The maximum atomic E-state index is 12.4. The molecule has 0 atom stereocenters. The van der Waals surface area contributed by atoms with Gasteiger partial charge in [0.1, 0.15) is 12.4 Å². The van der Waals surface area contributed by atoms with E-state index in [1.165, 1.54) is 12.5 Å². The highest BCUT2D eigenvalue weighted by Crippen LogP contribution is 2.31. The summed E-state index contributed by atoms with van der Waals surface area (Å²) in [7, 11) is 0. The molecule has 0 spiro atoms. The molecule has 4 N–H and O–H groups in total. The van der Waals surface area contributed by atoms with E-state index in [1.54, 1.807) is 48.5 Å². The van der Waals surface area contributed by atoms with Crippen molar-refractivity contribution in [2.24, 2.45) is 11.8 Å². The molecule has 1 saturated carbocycles. The maximum Gasteiger partial charge on any atom is 0.331 e. The van der Waals surface area contributed by atoms with Crippen molar-refractivity contribution in [3.05, 3.63) is 59.7 Å². The zero-order valence-corrected chi connectivity index (χ0v) is 17.9. The molecule has 31 heavy (non-hydrogen) atoms. The Kier molecular flexibility index (Phi) is 7.70. The fourth-order valence-corrected chi connectivity index (χ4v) is 3.76. The van der Waals surface area contributed by atoms with Gasteiger partial charge in [0.05, 0.1) is 5.92 Å². The van der Waals surface area contributed by atoms with Crippen LogP contribution in [0.3, 0.4) is 0 Å². The molecule has 0 saturated heterocycles. The summed E-state index contributed by atoms with van der Waals surface area (Å²) in [4.78, 5) is 24.3. The number of esters is 2. The molecule has 2 aromatic carbocycles. The van der Waals surface area contributed by atoms with Crippen molar-refractivity contribution in [3.8, 4) is 5.75 Å². The summed E-state index contributed by atoms with van der Waals surface area (Å²) >= 11 is 0. The zero-order chi connectivity index (χ0) is 22.2. The minimum absolute atomic E-state index is 0.00719. The van der Waals surface area contributed by atoms with Crippen LogP contribution in [0.2, 0.25) is 0 Å². The van der Waals surface area contributed by atoms with E-state index in [2.05, 4.69) is 6.92 Å². The van der Waals surface area contributed by atoms with E-state index in [0.29, 0.717) is 22.7 Å². The topological polar surface area (TPSA) is 105 Å². The molecule has 6 heteroatoms. The number of nitrogens with two attached hydrogens (primary N) is 2. The first-order chi connectivity index (χ1) is 14.9. The molecule has 3 rings (SSSR count). The minimum atomic E-state index is -0.477. The molecule has 1 fully saturated rings. The molecule has 0 aromatic heterocycles. The summed E-state index contributed by atoms with van der Waals surface area (Å²) in [5.74, 6) is 0.622. The van der Waals surface area contributed by atoms with Crippen LogP contribution in [0.1, 0.15) is 50.2 Å². The predicted molar refractivity (Wildman–Crippen MR) is 122 cm³/mol. The van der Waals surface area contributed by atoms with Gasteiger partial charge in [-0.3, -0.25) is 4.79 Å². The van der Waals surface area contributed by atoms with Crippen molar-refractivity contribution in [2.45, 2.75) is 45.6 Å². The van der Waals surface area contributed by atoms with Crippen molar-refractivity contribution >= 4 is 29.4 Å². The second kappa shape index (κ2) is 10.7. The summed E-state index contributed by atoms with van der Waals surface area (Å²) in [6, 6.07) is 12.1. The number of nitrogen functional groups attached to an aromatic ring is 2. The van der Waals surface area contributed by atoms with E-state index >= 15 is 0 Å². The Balaban J connectivity index is 1.46. The summed E-state index contributed by atoms with van der Waals surface area (Å²) in [5, 5.41) is 0. The van der Waals surface area contributed by atoms with E-state index in [4.69, 9.17) is 20.9 Å². The normalized spacial score (nSPS) is 18.6. The number of ether oxygens (including phenoxy) is 2. The Morgan fingerprint density at radius 3 is 2.39 bits per heavy atom. The second-order valence-electron chi connectivity index (χ2n) is 8.02. The Labute approximate surface area is 183 Å². The number of hydrogen-bond acceptors (Lipinski definition) is 6. The number of carbonyl (C=O) groups is 2. The van der Waals surface area contributed by atoms with Gasteiger partial charge in [-0.05, 0) is 67.5 Å². The third kappa shape index (κ3) is 6.60. The molecule has 164 valence electrons. The van der Waals surface area contributed by atoms with Gasteiger partial charge < -0.3 is 20.9 Å². The van der Waals surface area contributed by atoms with Gasteiger partial charge in [0, 0.05) is 23.0 Å². The Morgan fingerprint density at radius 1 is 1.03 bits per heavy atom. The Bertz CT molecular complexity index is 929. The lowest BCUT2D eigenvalue weighted by atomic mass is 9.81. The standard InChI is InChI=1S/C25H30N2O4/c1-2-17-3-8-19(9-4-17)25(29)31-22-12-5-18(6-13-22)7-14-24(28)30-16-20-10-11-21(26)15-23(20)27/h5-7,10-15,17,19H,2-4,8-9,16,26-27H2,1H3/b14-7+. The Hall–Kier alpha value is -3.28. The molecule has 0 heterocycles. The third-order valence-corrected chi connectivity index (χ3v) is 5.81. The average molecular weight is 423 g/mol. The Morgan fingerprint density at radius 2 is 1.74 bits per heavy atom. The predicted octanol–water partition coefficient (Wildman–Crippen LogP) is 4.73. The van der Waals surface area contributed by atoms with E-state index in [1.807, 2.05) is 0 Å². The molecule has 2 aromatic rings. The first kappa shape index (κ1) is 22.4. The molecule has 0 unspecified atom stereocenters. The van der Waals surface area contributed by atoms with Crippen LogP contribution >= 0.6 is 0 Å². The first-order valence-electron chi connectivity index (χ1n) is 10.7.